The number of benzene rings is 1. The van der Waals surface area contributed by atoms with Crippen molar-refractivity contribution in [3.05, 3.63) is 44.6 Å². The highest BCUT2D eigenvalue weighted by molar-refractivity contribution is 5.81. The topological polar surface area (TPSA) is 127 Å². The average Bonchev–Trinajstić information content (AvgIpc) is 2.91. The Kier molecular flexibility index (Phi) is 3.79. The number of hydrogen-bond acceptors (Lipinski definition) is 7. The van der Waals surface area contributed by atoms with Crippen LogP contribution < -0.4 is 16.7 Å². The van der Waals surface area contributed by atoms with Crippen molar-refractivity contribution in [1.82, 2.24) is 18.7 Å². The normalized spacial score (nSPS) is 11.5. The zero-order valence-corrected chi connectivity index (χ0v) is 13.8. The number of phenolic OH excluding ortho intramolecular Hbond substituents is 2. The van der Waals surface area contributed by atoms with Crippen LogP contribution in [0.1, 0.15) is 5.56 Å². The fourth-order valence-corrected chi connectivity index (χ4v) is 2.40. The zero-order chi connectivity index (χ0) is 18.3. The third kappa shape index (κ3) is 2.63. The smallest absolute Gasteiger partial charge is 0.332 e. The molecular formula is C15H16N6O4. The highest BCUT2D eigenvalue weighted by atomic mass is 16.3. The van der Waals surface area contributed by atoms with E-state index in [-0.39, 0.29) is 28.6 Å². The van der Waals surface area contributed by atoms with E-state index in [2.05, 4.69) is 15.5 Å². The molecule has 2 aromatic heterocycles. The van der Waals surface area contributed by atoms with Crippen LogP contribution in [0.3, 0.4) is 0 Å². The molecule has 0 amide bonds. The van der Waals surface area contributed by atoms with E-state index in [1.165, 1.54) is 41.6 Å². The molecule has 0 spiro atoms. The molecule has 0 aliphatic carbocycles. The van der Waals surface area contributed by atoms with Crippen molar-refractivity contribution in [1.29, 1.82) is 0 Å². The first kappa shape index (κ1) is 16.3. The lowest BCUT2D eigenvalue weighted by molar-refractivity contribution is 0.403. The molecule has 0 unspecified atom stereocenters. The number of imidazole rings is 1. The summed E-state index contributed by atoms with van der Waals surface area (Å²) >= 11 is 0. The van der Waals surface area contributed by atoms with Gasteiger partial charge in [0.1, 0.15) is 0 Å². The van der Waals surface area contributed by atoms with E-state index in [9.17, 15) is 19.8 Å². The number of nitrogens with one attached hydrogen (secondary N) is 1. The third-order valence-corrected chi connectivity index (χ3v) is 3.85. The lowest BCUT2D eigenvalue weighted by Crippen LogP contribution is -2.37. The molecule has 2 heterocycles. The van der Waals surface area contributed by atoms with Gasteiger partial charge in [0.05, 0.1) is 6.21 Å². The van der Waals surface area contributed by atoms with Crippen LogP contribution in [0.15, 0.2) is 32.9 Å². The summed E-state index contributed by atoms with van der Waals surface area (Å²) in [6, 6.07) is 4.24. The van der Waals surface area contributed by atoms with Gasteiger partial charge in [-0.05, 0) is 23.8 Å². The van der Waals surface area contributed by atoms with Gasteiger partial charge in [0.25, 0.3) is 5.56 Å². The predicted octanol–water partition coefficient (Wildman–Crippen LogP) is -0.172. The first-order chi connectivity index (χ1) is 11.8. The monoisotopic (exact) mass is 344 g/mol. The summed E-state index contributed by atoms with van der Waals surface area (Å²) in [5, 5.41) is 22.7. The fraction of sp³-hybridized carbons (Fsp3) is 0.200. The maximum atomic E-state index is 12.3. The molecule has 0 saturated heterocycles. The third-order valence-electron chi connectivity index (χ3n) is 3.85. The quantitative estimate of drug-likeness (QED) is 0.344. The minimum absolute atomic E-state index is 0.225. The predicted molar refractivity (Wildman–Crippen MR) is 92.2 cm³/mol. The van der Waals surface area contributed by atoms with E-state index in [1.54, 1.807) is 13.1 Å². The molecular weight excluding hydrogens is 328 g/mol. The van der Waals surface area contributed by atoms with Gasteiger partial charge in [-0.15, -0.1) is 0 Å². The van der Waals surface area contributed by atoms with E-state index in [0.29, 0.717) is 5.56 Å². The Morgan fingerprint density at radius 1 is 1.08 bits per heavy atom. The number of phenols is 2. The Balaban J connectivity index is 1.98. The molecule has 0 bridgehead atoms. The Hall–Kier alpha value is -3.56. The molecule has 3 aromatic rings. The van der Waals surface area contributed by atoms with Crippen LogP contribution >= 0.6 is 0 Å². The zero-order valence-electron chi connectivity index (χ0n) is 13.8. The summed E-state index contributed by atoms with van der Waals surface area (Å²) in [5.74, 6) is -0.213. The second-order valence-corrected chi connectivity index (χ2v) is 5.49. The second kappa shape index (κ2) is 5.82. The van der Waals surface area contributed by atoms with Gasteiger partial charge < -0.3 is 14.8 Å². The molecule has 1 aromatic carbocycles. The summed E-state index contributed by atoms with van der Waals surface area (Å²) in [5.41, 5.74) is 2.83. The van der Waals surface area contributed by atoms with Crippen molar-refractivity contribution >= 4 is 23.3 Å². The first-order valence-corrected chi connectivity index (χ1v) is 7.24. The fourth-order valence-electron chi connectivity index (χ4n) is 2.40. The molecule has 0 aliphatic rings. The molecule has 25 heavy (non-hydrogen) atoms. The standard InChI is InChI=1S/C15H16N6O4/c1-19-11-12(20(2)15(25)21(3)13(11)24)17-14(19)18-16-7-8-4-5-9(22)10(23)6-8/h4-7,22-23H,1-3H3,(H,17,18)/b16-7-. The van der Waals surface area contributed by atoms with Crippen molar-refractivity contribution < 1.29 is 10.2 Å². The molecule has 10 heteroatoms. The van der Waals surface area contributed by atoms with Crippen LogP contribution in [0.25, 0.3) is 11.2 Å². The number of aryl methyl sites for hydroxylation is 2. The van der Waals surface area contributed by atoms with Crippen molar-refractivity contribution in [2.75, 3.05) is 5.43 Å². The van der Waals surface area contributed by atoms with E-state index < -0.39 is 11.2 Å². The van der Waals surface area contributed by atoms with Crippen molar-refractivity contribution in [2.45, 2.75) is 0 Å². The van der Waals surface area contributed by atoms with E-state index in [1.807, 2.05) is 0 Å². The van der Waals surface area contributed by atoms with Crippen LogP contribution in [0.5, 0.6) is 11.5 Å². The van der Waals surface area contributed by atoms with E-state index in [4.69, 9.17) is 0 Å². The Morgan fingerprint density at radius 2 is 1.80 bits per heavy atom. The molecule has 3 rings (SSSR count). The summed E-state index contributed by atoms with van der Waals surface area (Å²) < 4.78 is 3.79. The van der Waals surface area contributed by atoms with Crippen molar-refractivity contribution in [3.63, 3.8) is 0 Å². The number of hydrazone groups is 1. The highest BCUT2D eigenvalue weighted by Crippen LogP contribution is 2.24. The molecule has 3 N–H and O–H groups in total. The lowest BCUT2D eigenvalue weighted by atomic mass is 10.2. The molecule has 0 saturated carbocycles. The van der Waals surface area contributed by atoms with Gasteiger partial charge in [-0.2, -0.15) is 10.1 Å². The van der Waals surface area contributed by atoms with Gasteiger partial charge in [-0.3, -0.25) is 13.9 Å². The highest BCUT2D eigenvalue weighted by Gasteiger charge is 2.16. The second-order valence-electron chi connectivity index (χ2n) is 5.49. The Morgan fingerprint density at radius 3 is 2.48 bits per heavy atom. The SMILES string of the molecule is Cn1c(=O)c2c(nc(N/N=C\c3ccc(O)c(O)c3)n2C)n(C)c1=O. The van der Waals surface area contributed by atoms with Gasteiger partial charge in [0, 0.05) is 21.1 Å². The molecule has 0 fully saturated rings. The number of fused-ring (bicyclic) bond motifs is 1. The van der Waals surface area contributed by atoms with Crippen LogP contribution in [0.2, 0.25) is 0 Å². The van der Waals surface area contributed by atoms with E-state index >= 15 is 0 Å². The van der Waals surface area contributed by atoms with Crippen molar-refractivity contribution in [3.8, 4) is 11.5 Å². The van der Waals surface area contributed by atoms with E-state index in [0.717, 1.165) is 4.57 Å². The average molecular weight is 344 g/mol. The molecule has 0 radical (unpaired) electrons. The lowest BCUT2D eigenvalue weighted by Gasteiger charge is -2.03. The number of hydrogen-bond donors (Lipinski definition) is 3. The van der Waals surface area contributed by atoms with Gasteiger partial charge in [0.2, 0.25) is 5.95 Å². The van der Waals surface area contributed by atoms with Crippen molar-refractivity contribution in [2.24, 2.45) is 26.2 Å². The van der Waals surface area contributed by atoms with Crippen LogP contribution in [0.4, 0.5) is 5.95 Å². The van der Waals surface area contributed by atoms with Crippen LogP contribution in [-0.2, 0) is 21.1 Å². The number of aromatic hydroxyl groups is 2. The molecule has 10 nitrogen and oxygen atoms in total. The van der Waals surface area contributed by atoms with Crippen LogP contribution in [0, 0.1) is 0 Å². The number of rotatable bonds is 3. The molecule has 0 atom stereocenters. The first-order valence-electron chi connectivity index (χ1n) is 7.24. The Bertz CT molecular complexity index is 1120. The summed E-state index contributed by atoms with van der Waals surface area (Å²) in [4.78, 5) is 28.5. The maximum Gasteiger partial charge on any atom is 0.332 e. The molecule has 0 aliphatic heterocycles. The minimum Gasteiger partial charge on any atom is -0.504 e. The molecule has 130 valence electrons. The summed E-state index contributed by atoms with van der Waals surface area (Å²) in [6.07, 6.45) is 1.41. The van der Waals surface area contributed by atoms with Crippen LogP contribution in [-0.4, -0.2) is 35.1 Å². The van der Waals surface area contributed by atoms with Gasteiger partial charge in [0.15, 0.2) is 22.7 Å². The number of nitrogens with zero attached hydrogens (tertiary/aromatic N) is 5. The summed E-state index contributed by atoms with van der Waals surface area (Å²) in [7, 11) is 4.56. The van der Waals surface area contributed by atoms with Gasteiger partial charge in [-0.25, -0.2) is 10.2 Å². The Labute approximate surface area is 140 Å². The van der Waals surface area contributed by atoms with Gasteiger partial charge in [-0.1, -0.05) is 0 Å². The summed E-state index contributed by atoms with van der Waals surface area (Å²) in [6.45, 7) is 0. The van der Waals surface area contributed by atoms with Gasteiger partial charge >= 0.3 is 5.69 Å². The minimum atomic E-state index is -0.467. The largest absolute Gasteiger partial charge is 0.504 e. The maximum absolute atomic E-state index is 12.3. The number of anilines is 1. The number of aromatic nitrogens is 4.